The van der Waals surface area contributed by atoms with E-state index in [1.807, 2.05) is 6.07 Å². The number of thiophene rings is 1. The fourth-order valence-electron chi connectivity index (χ4n) is 7.40. The maximum atomic E-state index is 5.24. The predicted molar refractivity (Wildman–Crippen MR) is 223 cm³/mol. The molecule has 2 aromatic heterocycles. The standard InChI is InChI=1S/C49H31N3S/c1-2-14-32(15-3-1)39-23-6-7-25-43(39)48-50-47(51-49(52-48)44-28-13-27-42-41-24-8-9-29-45(41)53-46(42)44)37-21-11-19-35(31-37)34-18-10-20-36(30-34)40-26-12-17-33-16-4-5-22-38(33)40/h1-31H. The van der Waals surface area contributed by atoms with Gasteiger partial charge in [0, 0.05) is 36.9 Å². The summed E-state index contributed by atoms with van der Waals surface area (Å²) in [7, 11) is 0. The molecule has 0 amide bonds. The molecule has 2 heterocycles. The maximum Gasteiger partial charge on any atom is 0.165 e. The number of fused-ring (bicyclic) bond motifs is 4. The first-order chi connectivity index (χ1) is 26.3. The number of hydrogen-bond donors (Lipinski definition) is 0. The van der Waals surface area contributed by atoms with Crippen LogP contribution in [0.2, 0.25) is 0 Å². The number of nitrogens with zero attached hydrogens (tertiary/aromatic N) is 3. The normalized spacial score (nSPS) is 11.4. The Kier molecular flexibility index (Phi) is 7.67. The third-order valence-electron chi connectivity index (χ3n) is 9.95. The largest absolute Gasteiger partial charge is 0.208 e. The molecule has 0 spiro atoms. The van der Waals surface area contributed by atoms with E-state index >= 15 is 0 Å². The summed E-state index contributed by atoms with van der Waals surface area (Å²) in [5.41, 5.74) is 9.74. The van der Waals surface area contributed by atoms with Crippen LogP contribution in [0.4, 0.5) is 0 Å². The van der Waals surface area contributed by atoms with Crippen LogP contribution in [0, 0.1) is 0 Å². The van der Waals surface area contributed by atoms with Gasteiger partial charge in [0.2, 0.25) is 0 Å². The number of hydrogen-bond acceptors (Lipinski definition) is 4. The van der Waals surface area contributed by atoms with E-state index in [0.717, 1.165) is 38.9 Å². The first-order valence-electron chi connectivity index (χ1n) is 17.8. The minimum absolute atomic E-state index is 0.637. The van der Waals surface area contributed by atoms with Crippen molar-refractivity contribution in [2.45, 2.75) is 0 Å². The highest BCUT2D eigenvalue weighted by Crippen LogP contribution is 2.40. The van der Waals surface area contributed by atoms with Crippen LogP contribution in [0.1, 0.15) is 0 Å². The highest BCUT2D eigenvalue weighted by Gasteiger charge is 2.19. The van der Waals surface area contributed by atoms with Crippen LogP contribution in [0.3, 0.4) is 0 Å². The average molecular weight is 694 g/mol. The number of benzene rings is 8. The van der Waals surface area contributed by atoms with Crippen LogP contribution in [-0.4, -0.2) is 15.0 Å². The molecule has 0 N–H and O–H groups in total. The Labute approximate surface area is 311 Å². The van der Waals surface area contributed by atoms with Crippen molar-refractivity contribution in [2.75, 3.05) is 0 Å². The van der Waals surface area contributed by atoms with Gasteiger partial charge in [-0.15, -0.1) is 11.3 Å². The van der Waals surface area contributed by atoms with Crippen LogP contribution in [-0.2, 0) is 0 Å². The van der Waals surface area contributed by atoms with Crippen molar-refractivity contribution >= 4 is 42.3 Å². The zero-order valence-electron chi connectivity index (χ0n) is 28.6. The van der Waals surface area contributed by atoms with Gasteiger partial charge in [0.05, 0.1) is 0 Å². The van der Waals surface area contributed by atoms with E-state index in [-0.39, 0.29) is 0 Å². The lowest BCUT2D eigenvalue weighted by molar-refractivity contribution is 1.08. The van der Waals surface area contributed by atoms with Crippen LogP contribution in [0.15, 0.2) is 188 Å². The number of aromatic nitrogens is 3. The Morgan fingerprint density at radius 2 is 0.811 bits per heavy atom. The molecule has 3 nitrogen and oxygen atoms in total. The maximum absolute atomic E-state index is 5.24. The van der Waals surface area contributed by atoms with Crippen molar-refractivity contribution in [3.05, 3.63) is 188 Å². The van der Waals surface area contributed by atoms with Gasteiger partial charge in [-0.25, -0.2) is 15.0 Å². The minimum atomic E-state index is 0.637. The monoisotopic (exact) mass is 693 g/mol. The van der Waals surface area contributed by atoms with Gasteiger partial charge in [0.1, 0.15) is 0 Å². The van der Waals surface area contributed by atoms with Gasteiger partial charge in [0.25, 0.3) is 0 Å². The third-order valence-corrected chi connectivity index (χ3v) is 11.2. The van der Waals surface area contributed by atoms with Gasteiger partial charge in [-0.05, 0) is 68.4 Å². The number of rotatable bonds is 6. The summed E-state index contributed by atoms with van der Waals surface area (Å²) in [5.74, 6) is 1.94. The summed E-state index contributed by atoms with van der Waals surface area (Å²) < 4.78 is 2.42. The molecule has 0 bridgehead atoms. The van der Waals surface area contributed by atoms with E-state index < -0.39 is 0 Å². The molecular weight excluding hydrogens is 663 g/mol. The summed E-state index contributed by atoms with van der Waals surface area (Å²) in [5, 5.41) is 4.94. The molecule has 10 aromatic rings. The quantitative estimate of drug-likeness (QED) is 0.174. The van der Waals surface area contributed by atoms with E-state index in [1.54, 1.807) is 11.3 Å². The summed E-state index contributed by atoms with van der Waals surface area (Å²) in [6.07, 6.45) is 0. The molecule has 0 unspecified atom stereocenters. The van der Waals surface area contributed by atoms with Gasteiger partial charge < -0.3 is 0 Å². The van der Waals surface area contributed by atoms with Crippen molar-refractivity contribution in [3.8, 4) is 67.5 Å². The SMILES string of the molecule is c1ccc(-c2ccccc2-c2nc(-c3cccc(-c4cccc(-c5cccc6ccccc56)c4)c3)nc(-c3cccc4c3sc3ccccc34)n2)cc1. The second kappa shape index (κ2) is 13.1. The first-order valence-corrected chi connectivity index (χ1v) is 18.6. The van der Waals surface area contributed by atoms with Gasteiger partial charge in [-0.3, -0.25) is 0 Å². The zero-order chi connectivity index (χ0) is 35.1. The van der Waals surface area contributed by atoms with Gasteiger partial charge in [-0.2, -0.15) is 0 Å². The summed E-state index contributed by atoms with van der Waals surface area (Å²) in [4.78, 5) is 15.7. The van der Waals surface area contributed by atoms with Crippen molar-refractivity contribution in [2.24, 2.45) is 0 Å². The second-order valence-corrected chi connectivity index (χ2v) is 14.2. The van der Waals surface area contributed by atoms with Crippen LogP contribution in [0.5, 0.6) is 0 Å². The third kappa shape index (κ3) is 5.66. The zero-order valence-corrected chi connectivity index (χ0v) is 29.5. The molecule has 53 heavy (non-hydrogen) atoms. The fourth-order valence-corrected chi connectivity index (χ4v) is 8.61. The molecule has 0 saturated heterocycles. The average Bonchev–Trinajstić information content (AvgIpc) is 3.63. The first kappa shape index (κ1) is 31.0. The van der Waals surface area contributed by atoms with Crippen molar-refractivity contribution in [1.82, 2.24) is 15.0 Å². The molecule has 4 heteroatoms. The molecule has 0 radical (unpaired) electrons. The Balaban J connectivity index is 1.15. The smallest absolute Gasteiger partial charge is 0.165 e. The molecule has 0 aliphatic heterocycles. The summed E-state index contributed by atoms with van der Waals surface area (Å²) in [6, 6.07) is 66.3. The molecule has 248 valence electrons. The Morgan fingerprint density at radius 1 is 0.302 bits per heavy atom. The summed E-state index contributed by atoms with van der Waals surface area (Å²) >= 11 is 1.79. The molecule has 0 fully saturated rings. The molecule has 8 aromatic carbocycles. The van der Waals surface area contributed by atoms with Gasteiger partial charge in [0.15, 0.2) is 17.5 Å². The molecular formula is C49H31N3S. The lowest BCUT2D eigenvalue weighted by atomic mass is 9.95. The van der Waals surface area contributed by atoms with E-state index in [4.69, 9.17) is 15.0 Å². The molecule has 0 aliphatic rings. The van der Waals surface area contributed by atoms with Crippen molar-refractivity contribution in [3.63, 3.8) is 0 Å². The fraction of sp³-hybridized carbons (Fsp3) is 0. The van der Waals surface area contributed by atoms with E-state index in [0.29, 0.717) is 17.5 Å². The van der Waals surface area contributed by atoms with Crippen LogP contribution in [0.25, 0.3) is 98.5 Å². The van der Waals surface area contributed by atoms with Crippen molar-refractivity contribution in [1.29, 1.82) is 0 Å². The van der Waals surface area contributed by atoms with Gasteiger partial charge in [-0.1, -0.05) is 164 Å². The highest BCUT2D eigenvalue weighted by molar-refractivity contribution is 7.26. The van der Waals surface area contributed by atoms with E-state index in [1.165, 1.54) is 42.1 Å². The van der Waals surface area contributed by atoms with Gasteiger partial charge >= 0.3 is 0 Å². The topological polar surface area (TPSA) is 38.7 Å². The summed E-state index contributed by atoms with van der Waals surface area (Å²) in [6.45, 7) is 0. The lowest BCUT2D eigenvalue weighted by Crippen LogP contribution is -2.01. The predicted octanol–water partition coefficient (Wildman–Crippen LogP) is 13.4. The van der Waals surface area contributed by atoms with Crippen LogP contribution >= 0.6 is 11.3 Å². The lowest BCUT2D eigenvalue weighted by Gasteiger charge is -2.13. The van der Waals surface area contributed by atoms with Crippen molar-refractivity contribution < 1.29 is 0 Å². The molecule has 10 rings (SSSR count). The van der Waals surface area contributed by atoms with E-state index in [2.05, 4.69) is 182 Å². The molecule has 0 saturated carbocycles. The Bertz CT molecular complexity index is 2960. The molecule has 0 aliphatic carbocycles. The minimum Gasteiger partial charge on any atom is -0.208 e. The Morgan fingerprint density at radius 3 is 1.66 bits per heavy atom. The van der Waals surface area contributed by atoms with E-state index in [9.17, 15) is 0 Å². The second-order valence-electron chi connectivity index (χ2n) is 13.2. The van der Waals surface area contributed by atoms with Crippen LogP contribution < -0.4 is 0 Å². The highest BCUT2D eigenvalue weighted by atomic mass is 32.1. The Hall–Kier alpha value is -6.75. The molecule has 0 atom stereocenters.